The van der Waals surface area contributed by atoms with E-state index in [1.807, 2.05) is 13.0 Å². The van der Waals surface area contributed by atoms with Gasteiger partial charge >= 0.3 is 5.97 Å². The van der Waals surface area contributed by atoms with E-state index < -0.39 is 5.97 Å². The van der Waals surface area contributed by atoms with Gasteiger partial charge in [-0.3, -0.25) is 0 Å². The van der Waals surface area contributed by atoms with Gasteiger partial charge in [-0.05, 0) is 48.3 Å². The number of ether oxygens (including phenoxy) is 1. The second kappa shape index (κ2) is 5.51. The molecule has 1 aromatic carbocycles. The molecule has 128 valence electrons. The summed E-state index contributed by atoms with van der Waals surface area (Å²) in [6.07, 6.45) is 6.43. The van der Waals surface area contributed by atoms with E-state index in [1.54, 1.807) is 0 Å². The van der Waals surface area contributed by atoms with Crippen molar-refractivity contribution in [2.24, 2.45) is 5.92 Å². The molecule has 0 bridgehead atoms. The lowest BCUT2D eigenvalue weighted by atomic mass is 9.82. The van der Waals surface area contributed by atoms with E-state index in [0.29, 0.717) is 5.92 Å². The van der Waals surface area contributed by atoms with Gasteiger partial charge in [0.15, 0.2) is 0 Å². The van der Waals surface area contributed by atoms with Crippen LogP contribution in [0.25, 0.3) is 0 Å². The van der Waals surface area contributed by atoms with E-state index in [0.717, 1.165) is 24.4 Å². The van der Waals surface area contributed by atoms with E-state index in [1.165, 1.54) is 22.8 Å². The molecule has 3 rings (SSSR count). The first-order valence-electron chi connectivity index (χ1n) is 8.51. The molecular formula is C21H26O3. The molecule has 1 saturated carbocycles. The highest BCUT2D eigenvalue weighted by Gasteiger charge is 2.50. The molecule has 1 aliphatic heterocycles. The number of hydrogen-bond acceptors (Lipinski definition) is 2. The highest BCUT2D eigenvalue weighted by atomic mass is 16.5. The first-order chi connectivity index (χ1) is 11.1. The number of carboxylic acid groups (broad SMARTS) is 1. The Balaban J connectivity index is 1.85. The normalized spacial score (nSPS) is 27.9. The number of allylic oxidation sites excluding steroid dienone is 3. The fraction of sp³-hybridized carbons (Fsp3) is 0.476. The second-order valence-electron chi connectivity index (χ2n) is 8.16. The van der Waals surface area contributed by atoms with E-state index in [4.69, 9.17) is 9.84 Å². The van der Waals surface area contributed by atoms with Crippen molar-refractivity contribution in [2.75, 3.05) is 6.61 Å². The Labute approximate surface area is 144 Å². The van der Waals surface area contributed by atoms with Crippen LogP contribution < -0.4 is 4.74 Å². The molecular weight excluding hydrogens is 300 g/mol. The van der Waals surface area contributed by atoms with Crippen LogP contribution in [0.1, 0.15) is 50.8 Å². The van der Waals surface area contributed by atoms with E-state index in [-0.39, 0.29) is 10.8 Å². The molecule has 2 unspecified atom stereocenters. The van der Waals surface area contributed by atoms with Crippen molar-refractivity contribution in [3.8, 4) is 5.75 Å². The molecule has 1 fully saturated rings. The molecule has 2 aliphatic rings. The Morgan fingerprint density at radius 2 is 2.04 bits per heavy atom. The Morgan fingerprint density at radius 3 is 2.71 bits per heavy atom. The zero-order valence-electron chi connectivity index (χ0n) is 15.1. The molecule has 24 heavy (non-hydrogen) atoms. The Bertz CT molecular complexity index is 755. The van der Waals surface area contributed by atoms with Crippen LogP contribution in [0.4, 0.5) is 0 Å². The number of fused-ring (bicyclic) bond motifs is 1. The molecule has 1 aliphatic carbocycles. The summed E-state index contributed by atoms with van der Waals surface area (Å²) in [5, 5.41) is 8.79. The van der Waals surface area contributed by atoms with Gasteiger partial charge in [0.1, 0.15) is 5.75 Å². The lowest BCUT2D eigenvalue weighted by Gasteiger charge is -2.19. The fourth-order valence-electron chi connectivity index (χ4n) is 3.65. The van der Waals surface area contributed by atoms with E-state index >= 15 is 0 Å². The third-order valence-corrected chi connectivity index (χ3v) is 5.49. The van der Waals surface area contributed by atoms with Gasteiger partial charge in [0.05, 0.1) is 6.61 Å². The Kier molecular flexibility index (Phi) is 3.86. The zero-order chi connectivity index (χ0) is 17.7. The lowest BCUT2D eigenvalue weighted by Crippen LogP contribution is -2.18. The summed E-state index contributed by atoms with van der Waals surface area (Å²) >= 11 is 0. The molecule has 3 nitrogen and oxygen atoms in total. The average Bonchev–Trinajstić information content (AvgIpc) is 3.04. The van der Waals surface area contributed by atoms with Gasteiger partial charge in [-0.15, -0.1) is 0 Å². The molecule has 0 saturated heterocycles. The van der Waals surface area contributed by atoms with Crippen molar-refractivity contribution in [3.05, 3.63) is 52.6 Å². The summed E-state index contributed by atoms with van der Waals surface area (Å²) in [4.78, 5) is 10.7. The van der Waals surface area contributed by atoms with Crippen LogP contribution >= 0.6 is 0 Å². The van der Waals surface area contributed by atoms with Crippen LogP contribution in [0.15, 0.2) is 35.9 Å². The van der Waals surface area contributed by atoms with Crippen LogP contribution in [0.3, 0.4) is 0 Å². The van der Waals surface area contributed by atoms with Crippen molar-refractivity contribution in [1.29, 1.82) is 0 Å². The van der Waals surface area contributed by atoms with E-state index in [2.05, 4.69) is 45.9 Å². The van der Waals surface area contributed by atoms with Gasteiger partial charge in [-0.1, -0.05) is 45.1 Å². The third kappa shape index (κ3) is 2.88. The maximum Gasteiger partial charge on any atom is 0.328 e. The summed E-state index contributed by atoms with van der Waals surface area (Å²) in [6, 6.07) is 4.58. The Hall–Kier alpha value is -2.03. The molecule has 0 spiro atoms. The predicted octanol–water partition coefficient (Wildman–Crippen LogP) is 4.53. The number of hydrogen-bond donors (Lipinski definition) is 1. The smallest absolute Gasteiger partial charge is 0.328 e. The number of carbonyl (C=O) groups is 1. The van der Waals surface area contributed by atoms with Crippen molar-refractivity contribution in [2.45, 2.75) is 51.9 Å². The molecule has 0 aromatic heterocycles. The van der Waals surface area contributed by atoms with Crippen LogP contribution in [-0.2, 0) is 15.6 Å². The van der Waals surface area contributed by atoms with Crippen LogP contribution in [0.2, 0.25) is 0 Å². The quantitative estimate of drug-likeness (QED) is 0.653. The summed E-state index contributed by atoms with van der Waals surface area (Å²) in [6.45, 7) is 11.4. The van der Waals surface area contributed by atoms with Gasteiger partial charge < -0.3 is 9.84 Å². The Morgan fingerprint density at radius 1 is 1.33 bits per heavy atom. The number of benzene rings is 1. The number of rotatable bonds is 4. The molecule has 2 atom stereocenters. The number of aliphatic carboxylic acids is 1. The summed E-state index contributed by atoms with van der Waals surface area (Å²) in [7, 11) is 0. The van der Waals surface area contributed by atoms with Gasteiger partial charge in [0.25, 0.3) is 0 Å². The maximum absolute atomic E-state index is 10.7. The monoisotopic (exact) mass is 326 g/mol. The third-order valence-electron chi connectivity index (χ3n) is 5.49. The number of aryl methyl sites for hydroxylation is 1. The highest BCUT2D eigenvalue weighted by Crippen LogP contribution is 2.56. The molecule has 1 heterocycles. The van der Waals surface area contributed by atoms with Gasteiger partial charge in [-0.25, -0.2) is 4.79 Å². The van der Waals surface area contributed by atoms with Crippen molar-refractivity contribution in [3.63, 3.8) is 0 Å². The minimum absolute atomic E-state index is 0.0630. The minimum Gasteiger partial charge on any atom is -0.492 e. The first-order valence-corrected chi connectivity index (χ1v) is 8.51. The number of carboxylic acids is 1. The molecule has 0 amide bonds. The SMILES string of the molecule is CC(/C=C/C1CC1(C)c1cc(C)c2c(c1)C(C)(C)CO2)=C\C(=O)O. The van der Waals surface area contributed by atoms with Gasteiger partial charge in [0.2, 0.25) is 0 Å². The molecule has 3 heteroatoms. The zero-order valence-corrected chi connectivity index (χ0v) is 15.1. The fourth-order valence-corrected chi connectivity index (χ4v) is 3.65. The largest absolute Gasteiger partial charge is 0.492 e. The van der Waals surface area contributed by atoms with Crippen molar-refractivity contribution >= 4 is 5.97 Å². The van der Waals surface area contributed by atoms with Crippen molar-refractivity contribution in [1.82, 2.24) is 0 Å². The maximum atomic E-state index is 10.7. The lowest BCUT2D eigenvalue weighted by molar-refractivity contribution is -0.131. The summed E-state index contributed by atoms with van der Waals surface area (Å²) in [5.41, 5.74) is 4.87. The minimum atomic E-state index is -0.896. The second-order valence-corrected chi connectivity index (χ2v) is 8.16. The molecule has 1 aromatic rings. The molecule has 1 N–H and O–H groups in total. The highest BCUT2D eigenvalue weighted by molar-refractivity contribution is 5.81. The topological polar surface area (TPSA) is 46.5 Å². The van der Waals surface area contributed by atoms with E-state index in [9.17, 15) is 4.79 Å². The summed E-state index contributed by atoms with van der Waals surface area (Å²) in [5.74, 6) is 0.616. The van der Waals surface area contributed by atoms with Gasteiger partial charge in [-0.2, -0.15) is 0 Å². The molecule has 0 radical (unpaired) electrons. The van der Waals surface area contributed by atoms with Crippen molar-refractivity contribution < 1.29 is 14.6 Å². The predicted molar refractivity (Wildman–Crippen MR) is 95.7 cm³/mol. The van der Waals surface area contributed by atoms with Gasteiger partial charge in [0, 0.05) is 17.1 Å². The first kappa shape index (κ1) is 16.8. The van der Waals surface area contributed by atoms with Crippen LogP contribution in [0.5, 0.6) is 5.75 Å². The average molecular weight is 326 g/mol. The summed E-state index contributed by atoms with van der Waals surface area (Å²) < 4.78 is 5.90. The van der Waals surface area contributed by atoms with Crippen LogP contribution in [-0.4, -0.2) is 17.7 Å². The van der Waals surface area contributed by atoms with Crippen LogP contribution in [0, 0.1) is 12.8 Å². The standard InChI is InChI=1S/C21H26O3/c1-13(8-18(22)23)6-7-15-11-21(15,5)16-9-14(2)19-17(10-16)20(3,4)12-24-19/h6-10,15H,11-12H2,1-5H3,(H,22,23)/b7-6+,13-8+.